The molecule has 1 unspecified atom stereocenters. The molecule has 180 valence electrons. The first-order valence-corrected chi connectivity index (χ1v) is 12.3. The lowest BCUT2D eigenvalue weighted by atomic mass is 9.88. The van der Waals surface area contributed by atoms with Crippen molar-refractivity contribution in [1.29, 1.82) is 0 Å². The van der Waals surface area contributed by atoms with Crippen molar-refractivity contribution in [2.24, 2.45) is 10.7 Å². The minimum atomic E-state index is -0.391. The summed E-state index contributed by atoms with van der Waals surface area (Å²) >= 11 is 0. The Kier molecular flexibility index (Phi) is 6.96. The van der Waals surface area contributed by atoms with E-state index in [0.717, 1.165) is 48.3 Å². The number of nitrogens with zero attached hydrogens (tertiary/aromatic N) is 2. The summed E-state index contributed by atoms with van der Waals surface area (Å²) in [7, 11) is 0. The van der Waals surface area contributed by atoms with E-state index >= 15 is 0 Å². The highest BCUT2D eigenvalue weighted by molar-refractivity contribution is 5.99. The number of rotatable bonds is 9. The SMILES string of the molecule is C=C(NC1CCc2ccccc21)c1ccc(OCC)c(CN2C(=O)CC(CC)(CC)N=C2N)c1. The van der Waals surface area contributed by atoms with Crippen molar-refractivity contribution in [2.45, 2.75) is 71.0 Å². The van der Waals surface area contributed by atoms with Crippen LogP contribution in [0.15, 0.2) is 54.0 Å². The predicted octanol–water partition coefficient (Wildman–Crippen LogP) is 4.94. The lowest BCUT2D eigenvalue weighted by molar-refractivity contribution is -0.130. The number of aryl methyl sites for hydroxylation is 1. The van der Waals surface area contributed by atoms with E-state index in [-0.39, 0.29) is 17.9 Å². The molecule has 1 atom stereocenters. The third-order valence-corrected chi connectivity index (χ3v) is 7.24. The van der Waals surface area contributed by atoms with E-state index in [9.17, 15) is 4.79 Å². The minimum Gasteiger partial charge on any atom is -0.494 e. The molecular weight excluding hydrogens is 424 g/mol. The fourth-order valence-corrected chi connectivity index (χ4v) is 5.03. The highest BCUT2D eigenvalue weighted by atomic mass is 16.5. The third-order valence-electron chi connectivity index (χ3n) is 7.24. The predicted molar refractivity (Wildman–Crippen MR) is 137 cm³/mol. The summed E-state index contributed by atoms with van der Waals surface area (Å²) in [6.45, 7) is 11.2. The molecule has 0 saturated carbocycles. The van der Waals surface area contributed by atoms with Gasteiger partial charge in [-0.05, 0) is 67.5 Å². The highest BCUT2D eigenvalue weighted by Gasteiger charge is 2.37. The van der Waals surface area contributed by atoms with E-state index in [1.165, 1.54) is 11.1 Å². The molecule has 1 aliphatic heterocycles. The van der Waals surface area contributed by atoms with Gasteiger partial charge in [0, 0.05) is 11.3 Å². The summed E-state index contributed by atoms with van der Waals surface area (Å²) in [6, 6.07) is 14.8. The number of guanidine groups is 1. The van der Waals surface area contributed by atoms with Crippen molar-refractivity contribution < 1.29 is 9.53 Å². The Bertz CT molecular complexity index is 1100. The first-order valence-electron chi connectivity index (χ1n) is 12.3. The second-order valence-electron chi connectivity index (χ2n) is 9.23. The van der Waals surface area contributed by atoms with Crippen LogP contribution in [0.25, 0.3) is 5.70 Å². The maximum Gasteiger partial charge on any atom is 0.232 e. The number of aliphatic imine (C=N–C) groups is 1. The van der Waals surface area contributed by atoms with Crippen molar-refractivity contribution in [3.63, 3.8) is 0 Å². The molecule has 0 spiro atoms. The molecule has 1 amide bonds. The van der Waals surface area contributed by atoms with Gasteiger partial charge in [0.05, 0.1) is 31.2 Å². The number of carbonyl (C=O) groups is 1. The molecular formula is C28H36N4O2. The maximum atomic E-state index is 13.1. The van der Waals surface area contributed by atoms with Crippen molar-refractivity contribution in [2.75, 3.05) is 6.61 Å². The fraction of sp³-hybridized carbons (Fsp3) is 0.429. The Labute approximate surface area is 202 Å². The Balaban J connectivity index is 1.57. The molecule has 3 N–H and O–H groups in total. The number of ether oxygens (including phenoxy) is 1. The number of benzene rings is 2. The van der Waals surface area contributed by atoms with Crippen LogP contribution in [0, 0.1) is 0 Å². The van der Waals surface area contributed by atoms with Crippen LogP contribution in [0.5, 0.6) is 5.75 Å². The topological polar surface area (TPSA) is 80.0 Å². The zero-order valence-electron chi connectivity index (χ0n) is 20.6. The molecule has 0 fully saturated rings. The lowest BCUT2D eigenvalue weighted by Gasteiger charge is -2.36. The summed E-state index contributed by atoms with van der Waals surface area (Å²) in [5.41, 5.74) is 11.4. The summed E-state index contributed by atoms with van der Waals surface area (Å²) in [6.07, 6.45) is 4.08. The Morgan fingerprint density at radius 3 is 2.71 bits per heavy atom. The number of carbonyl (C=O) groups excluding carboxylic acids is 1. The molecule has 2 aromatic rings. The minimum absolute atomic E-state index is 0.00330. The Morgan fingerprint density at radius 2 is 2.00 bits per heavy atom. The van der Waals surface area contributed by atoms with Crippen LogP contribution >= 0.6 is 0 Å². The van der Waals surface area contributed by atoms with Crippen LogP contribution < -0.4 is 15.8 Å². The van der Waals surface area contributed by atoms with Gasteiger partial charge in [-0.2, -0.15) is 0 Å². The van der Waals surface area contributed by atoms with Gasteiger partial charge in [-0.3, -0.25) is 9.69 Å². The van der Waals surface area contributed by atoms with Crippen LogP contribution in [0.3, 0.4) is 0 Å². The first-order chi connectivity index (χ1) is 16.4. The van der Waals surface area contributed by atoms with Gasteiger partial charge in [0.25, 0.3) is 0 Å². The second-order valence-corrected chi connectivity index (χ2v) is 9.23. The van der Waals surface area contributed by atoms with E-state index < -0.39 is 5.54 Å². The molecule has 34 heavy (non-hydrogen) atoms. The first kappa shape index (κ1) is 23.9. The van der Waals surface area contributed by atoms with Crippen molar-refractivity contribution in [1.82, 2.24) is 10.2 Å². The highest BCUT2D eigenvalue weighted by Crippen LogP contribution is 2.34. The smallest absolute Gasteiger partial charge is 0.232 e. The van der Waals surface area contributed by atoms with Crippen molar-refractivity contribution in [3.8, 4) is 5.75 Å². The number of fused-ring (bicyclic) bond motifs is 1. The summed E-state index contributed by atoms with van der Waals surface area (Å²) in [5, 5.41) is 3.61. The maximum absolute atomic E-state index is 13.1. The molecule has 0 aromatic heterocycles. The average molecular weight is 461 g/mol. The van der Waals surface area contributed by atoms with Crippen LogP contribution in [0.4, 0.5) is 0 Å². The molecule has 4 rings (SSSR count). The van der Waals surface area contributed by atoms with Gasteiger partial charge < -0.3 is 15.8 Å². The van der Waals surface area contributed by atoms with Crippen LogP contribution in [0.1, 0.15) is 74.8 Å². The second kappa shape index (κ2) is 9.92. The number of hydrogen-bond donors (Lipinski definition) is 2. The molecule has 0 radical (unpaired) electrons. The lowest BCUT2D eigenvalue weighted by Crippen LogP contribution is -2.50. The van der Waals surface area contributed by atoms with Crippen LogP contribution in [0.2, 0.25) is 0 Å². The number of amides is 1. The van der Waals surface area contributed by atoms with Crippen molar-refractivity contribution in [3.05, 3.63) is 71.3 Å². The zero-order chi connectivity index (χ0) is 24.3. The summed E-state index contributed by atoms with van der Waals surface area (Å²) in [5.74, 6) is 1.03. The van der Waals surface area contributed by atoms with E-state index in [0.29, 0.717) is 19.6 Å². The number of nitrogens with one attached hydrogen (secondary N) is 1. The van der Waals surface area contributed by atoms with Gasteiger partial charge >= 0.3 is 0 Å². The van der Waals surface area contributed by atoms with Crippen molar-refractivity contribution >= 4 is 17.6 Å². The Morgan fingerprint density at radius 1 is 1.24 bits per heavy atom. The quantitative estimate of drug-likeness (QED) is 0.556. The number of nitrogens with two attached hydrogens (primary N) is 1. The fourth-order valence-electron chi connectivity index (χ4n) is 5.03. The number of hydrogen-bond acceptors (Lipinski definition) is 5. The molecule has 1 heterocycles. The Hall–Kier alpha value is -3.28. The molecule has 6 nitrogen and oxygen atoms in total. The van der Waals surface area contributed by atoms with Crippen LogP contribution in [-0.2, 0) is 17.8 Å². The summed E-state index contributed by atoms with van der Waals surface area (Å²) in [4.78, 5) is 19.4. The molecule has 2 aliphatic rings. The largest absolute Gasteiger partial charge is 0.494 e. The van der Waals surface area contributed by atoms with Gasteiger partial charge in [0.15, 0.2) is 5.96 Å². The van der Waals surface area contributed by atoms with Gasteiger partial charge in [-0.15, -0.1) is 0 Å². The van der Waals surface area contributed by atoms with Gasteiger partial charge in [0.2, 0.25) is 5.91 Å². The molecule has 1 aliphatic carbocycles. The van der Waals surface area contributed by atoms with E-state index in [1.807, 2.05) is 25.1 Å². The molecule has 6 heteroatoms. The van der Waals surface area contributed by atoms with Gasteiger partial charge in [-0.1, -0.05) is 44.7 Å². The molecule has 0 saturated heterocycles. The molecule has 0 bridgehead atoms. The van der Waals surface area contributed by atoms with Gasteiger partial charge in [-0.25, -0.2) is 4.99 Å². The van der Waals surface area contributed by atoms with Gasteiger partial charge in [0.1, 0.15) is 5.75 Å². The molecule has 2 aromatic carbocycles. The van der Waals surface area contributed by atoms with E-state index in [2.05, 4.69) is 50.0 Å². The van der Waals surface area contributed by atoms with E-state index in [1.54, 1.807) is 4.90 Å². The monoisotopic (exact) mass is 460 g/mol. The normalized spacial score (nSPS) is 18.9. The zero-order valence-corrected chi connectivity index (χ0v) is 20.6. The summed E-state index contributed by atoms with van der Waals surface area (Å²) < 4.78 is 5.88. The van der Waals surface area contributed by atoms with E-state index in [4.69, 9.17) is 15.5 Å². The third kappa shape index (κ3) is 4.67. The standard InChI is InChI=1S/C28H36N4O2/c1-5-28(6-2)17-26(33)32(27(29)31-28)18-22-16-21(13-15-25(22)34-7-3)19(4)30-24-14-12-20-10-8-9-11-23(20)24/h8-11,13,15-16,24,30H,4-7,12,14,17-18H2,1-3H3,(H2,29,31). The average Bonchev–Trinajstić information content (AvgIpc) is 3.25. The van der Waals surface area contributed by atoms with Crippen LogP contribution in [-0.4, -0.2) is 28.9 Å².